The van der Waals surface area contributed by atoms with Crippen LogP contribution in [0.1, 0.15) is 57.8 Å². The van der Waals surface area contributed by atoms with Crippen LogP contribution in [-0.4, -0.2) is 17.5 Å². The maximum atomic E-state index is 13.7. The minimum absolute atomic E-state index is 0.101. The summed E-state index contributed by atoms with van der Waals surface area (Å²) in [5, 5.41) is 3.08. The molecule has 1 atom stereocenters. The fourth-order valence-corrected chi connectivity index (χ4v) is 6.45. The molecular weight excluding hydrogens is 407 g/mol. The second-order valence-corrected chi connectivity index (χ2v) is 9.57. The Morgan fingerprint density at radius 1 is 1.03 bits per heavy atom. The van der Waals surface area contributed by atoms with E-state index < -0.39 is 0 Å². The topological polar surface area (TPSA) is 32.3 Å². The zero-order valence-corrected chi connectivity index (χ0v) is 18.6. The third-order valence-electron chi connectivity index (χ3n) is 6.53. The van der Waals surface area contributed by atoms with Gasteiger partial charge in [-0.1, -0.05) is 31.2 Å². The number of carbonyl (C=O) groups excluding carboxylic acids is 1. The van der Waals surface area contributed by atoms with Crippen LogP contribution in [0.3, 0.4) is 0 Å². The van der Waals surface area contributed by atoms with Crippen molar-refractivity contribution < 1.29 is 9.18 Å². The van der Waals surface area contributed by atoms with Crippen LogP contribution in [0.25, 0.3) is 0 Å². The van der Waals surface area contributed by atoms with Crippen LogP contribution in [-0.2, 0) is 25.7 Å². The van der Waals surface area contributed by atoms with Crippen LogP contribution in [0.2, 0.25) is 0 Å². The molecule has 0 radical (unpaired) electrons. The first-order chi connectivity index (χ1) is 15.1. The van der Waals surface area contributed by atoms with Gasteiger partial charge in [-0.2, -0.15) is 0 Å². The van der Waals surface area contributed by atoms with Gasteiger partial charge in [0.1, 0.15) is 5.82 Å². The Morgan fingerprint density at radius 3 is 2.52 bits per heavy atom. The number of rotatable bonds is 3. The van der Waals surface area contributed by atoms with Crippen LogP contribution in [0.15, 0.2) is 48.5 Å². The lowest BCUT2D eigenvalue weighted by molar-refractivity contribution is 0.195. The van der Waals surface area contributed by atoms with Crippen molar-refractivity contribution in [3.63, 3.8) is 0 Å². The minimum atomic E-state index is -0.253. The van der Waals surface area contributed by atoms with Crippen LogP contribution in [0.4, 0.5) is 14.9 Å². The molecule has 5 rings (SSSR count). The van der Waals surface area contributed by atoms with Crippen LogP contribution in [0.5, 0.6) is 0 Å². The molecule has 31 heavy (non-hydrogen) atoms. The molecule has 1 unspecified atom stereocenters. The predicted octanol–water partition coefficient (Wildman–Crippen LogP) is 6.51. The van der Waals surface area contributed by atoms with Crippen molar-refractivity contribution in [2.24, 2.45) is 0 Å². The number of hydrogen-bond donors (Lipinski definition) is 1. The van der Waals surface area contributed by atoms with Gasteiger partial charge in [0.25, 0.3) is 0 Å². The Kier molecular flexibility index (Phi) is 5.53. The van der Waals surface area contributed by atoms with E-state index in [1.807, 2.05) is 40.5 Å². The molecule has 2 aromatic carbocycles. The van der Waals surface area contributed by atoms with E-state index in [-0.39, 0.29) is 17.9 Å². The van der Waals surface area contributed by atoms with Crippen molar-refractivity contribution >= 4 is 23.1 Å². The summed E-state index contributed by atoms with van der Waals surface area (Å²) in [4.78, 5) is 18.0. The van der Waals surface area contributed by atoms with E-state index in [0.29, 0.717) is 6.54 Å². The number of urea groups is 1. The Hall–Kier alpha value is -2.66. The number of fused-ring (bicyclic) bond motifs is 3. The van der Waals surface area contributed by atoms with Crippen LogP contribution in [0, 0.1) is 5.82 Å². The third kappa shape index (κ3) is 3.87. The second-order valence-electron chi connectivity index (χ2n) is 8.43. The van der Waals surface area contributed by atoms with Gasteiger partial charge in [-0.15, -0.1) is 11.3 Å². The first kappa shape index (κ1) is 20.3. The van der Waals surface area contributed by atoms with Gasteiger partial charge in [0.15, 0.2) is 0 Å². The zero-order chi connectivity index (χ0) is 21.4. The number of nitrogens with zero attached hydrogens (tertiary/aromatic N) is 1. The Bertz CT molecular complexity index is 1090. The third-order valence-corrected chi connectivity index (χ3v) is 7.92. The minimum Gasteiger partial charge on any atom is -0.312 e. The smallest absolute Gasteiger partial charge is 0.312 e. The molecule has 1 aliphatic heterocycles. The Labute approximate surface area is 186 Å². The zero-order valence-electron chi connectivity index (χ0n) is 17.8. The maximum absolute atomic E-state index is 13.7. The summed E-state index contributed by atoms with van der Waals surface area (Å²) in [5.74, 6) is -0.253. The molecule has 1 aliphatic carbocycles. The van der Waals surface area contributed by atoms with Gasteiger partial charge in [-0.3, -0.25) is 0 Å². The summed E-state index contributed by atoms with van der Waals surface area (Å²) < 4.78 is 13.7. The van der Waals surface area contributed by atoms with Gasteiger partial charge in [0.05, 0.1) is 6.04 Å². The number of amides is 2. The number of thiophene rings is 1. The van der Waals surface area contributed by atoms with Crippen molar-refractivity contribution in [2.45, 2.75) is 51.5 Å². The molecule has 160 valence electrons. The van der Waals surface area contributed by atoms with Crippen LogP contribution >= 0.6 is 11.3 Å². The maximum Gasteiger partial charge on any atom is 0.322 e. The van der Waals surface area contributed by atoms with Crippen molar-refractivity contribution in [3.05, 3.63) is 86.4 Å². The molecule has 0 bridgehead atoms. The molecule has 3 aromatic rings. The standard InChI is InChI=1S/C26H27FN2OS/c1-2-17-7-13-20(14-8-17)28-26(30)29-16-15-22-21-5-3-4-6-23(21)31-25(22)24(29)18-9-11-19(27)12-10-18/h7-14,24H,2-6,15-16H2,1H3,(H,28,30). The normalized spacial score (nSPS) is 17.7. The van der Waals surface area contributed by atoms with E-state index in [9.17, 15) is 9.18 Å². The average Bonchev–Trinajstić information content (AvgIpc) is 3.18. The Morgan fingerprint density at radius 2 is 1.77 bits per heavy atom. The van der Waals surface area contributed by atoms with Gasteiger partial charge in [-0.05, 0) is 85.0 Å². The molecule has 0 saturated carbocycles. The van der Waals surface area contributed by atoms with E-state index in [1.165, 1.54) is 51.4 Å². The first-order valence-electron chi connectivity index (χ1n) is 11.2. The summed E-state index contributed by atoms with van der Waals surface area (Å²) >= 11 is 1.86. The van der Waals surface area contributed by atoms with Gasteiger partial charge < -0.3 is 10.2 Å². The quantitative estimate of drug-likeness (QED) is 0.501. The van der Waals surface area contributed by atoms with Gasteiger partial charge >= 0.3 is 6.03 Å². The van der Waals surface area contributed by atoms with Crippen molar-refractivity contribution in [2.75, 3.05) is 11.9 Å². The molecule has 0 fully saturated rings. The van der Waals surface area contributed by atoms with Gasteiger partial charge in [0.2, 0.25) is 0 Å². The Balaban J connectivity index is 1.50. The molecule has 5 heteroatoms. The lowest BCUT2D eigenvalue weighted by Gasteiger charge is -2.36. The fourth-order valence-electron chi connectivity index (χ4n) is 4.86. The highest BCUT2D eigenvalue weighted by Gasteiger charge is 2.36. The van der Waals surface area contributed by atoms with E-state index in [2.05, 4.69) is 24.4 Å². The number of anilines is 1. The van der Waals surface area contributed by atoms with E-state index in [4.69, 9.17) is 0 Å². The number of aryl methyl sites for hydroxylation is 2. The summed E-state index contributed by atoms with van der Waals surface area (Å²) in [6, 6.07) is 14.4. The molecule has 3 nitrogen and oxygen atoms in total. The lowest BCUT2D eigenvalue weighted by Crippen LogP contribution is -2.42. The SMILES string of the molecule is CCc1ccc(NC(=O)N2CCc3c(sc4c3CCCC4)C2c2ccc(F)cc2)cc1. The van der Waals surface area contributed by atoms with Crippen molar-refractivity contribution in [1.29, 1.82) is 0 Å². The van der Waals surface area contributed by atoms with Crippen LogP contribution < -0.4 is 5.32 Å². The number of benzene rings is 2. The summed E-state index contributed by atoms with van der Waals surface area (Å²) in [6.45, 7) is 2.78. The highest BCUT2D eigenvalue weighted by molar-refractivity contribution is 7.12. The largest absolute Gasteiger partial charge is 0.322 e. The van der Waals surface area contributed by atoms with E-state index >= 15 is 0 Å². The number of carbonyl (C=O) groups is 1. The molecule has 0 saturated heterocycles. The molecule has 2 aliphatic rings. The summed E-state index contributed by atoms with van der Waals surface area (Å²) in [7, 11) is 0. The van der Waals surface area contributed by atoms with Gasteiger partial charge in [-0.25, -0.2) is 9.18 Å². The van der Waals surface area contributed by atoms with Crippen molar-refractivity contribution in [3.8, 4) is 0 Å². The molecule has 1 N–H and O–H groups in total. The summed E-state index contributed by atoms with van der Waals surface area (Å²) in [5.41, 5.74) is 5.97. The highest BCUT2D eigenvalue weighted by Crippen LogP contribution is 2.45. The monoisotopic (exact) mass is 434 g/mol. The molecular formula is C26H27FN2OS. The van der Waals surface area contributed by atoms with Crippen molar-refractivity contribution in [1.82, 2.24) is 4.90 Å². The summed E-state index contributed by atoms with van der Waals surface area (Å²) in [6.07, 6.45) is 6.63. The number of hydrogen-bond acceptors (Lipinski definition) is 2. The first-order valence-corrected chi connectivity index (χ1v) is 12.0. The molecule has 2 amide bonds. The number of halogens is 1. The molecule has 1 aromatic heterocycles. The van der Waals surface area contributed by atoms with E-state index in [1.54, 1.807) is 0 Å². The molecule has 2 heterocycles. The predicted molar refractivity (Wildman–Crippen MR) is 124 cm³/mol. The average molecular weight is 435 g/mol. The second kappa shape index (κ2) is 8.46. The van der Waals surface area contributed by atoms with E-state index in [0.717, 1.165) is 36.9 Å². The molecule has 0 spiro atoms. The number of nitrogens with one attached hydrogen (secondary N) is 1. The lowest BCUT2D eigenvalue weighted by atomic mass is 9.88. The van der Waals surface area contributed by atoms with Gasteiger partial charge in [0, 0.05) is 22.0 Å². The highest BCUT2D eigenvalue weighted by atomic mass is 32.1. The fraction of sp³-hybridized carbons (Fsp3) is 0.346.